The summed E-state index contributed by atoms with van der Waals surface area (Å²) in [6, 6.07) is 0. The van der Waals surface area contributed by atoms with Crippen molar-refractivity contribution >= 4 is 70.3 Å². The summed E-state index contributed by atoms with van der Waals surface area (Å²) >= 11 is 3.77. The van der Waals surface area contributed by atoms with Crippen LogP contribution in [0.1, 0.15) is 6.42 Å². The van der Waals surface area contributed by atoms with Gasteiger partial charge in [0.2, 0.25) is 0 Å². The van der Waals surface area contributed by atoms with Crippen LogP contribution in [0.25, 0.3) is 0 Å². The van der Waals surface area contributed by atoms with Crippen molar-refractivity contribution in [2.45, 2.75) is 6.42 Å². The zero-order valence-corrected chi connectivity index (χ0v) is 3.74. The molecule has 0 rings (SSSR count). The average molecular weight is 130 g/mol. The van der Waals surface area contributed by atoms with Crippen LogP contribution in [0.3, 0.4) is 0 Å². The molecule has 6 heavy (non-hydrogen) atoms. The number of hydrogen-bond donors (Lipinski definition) is 1. The minimum atomic E-state index is 0. The molecule has 0 spiro atoms. The normalized spacial score (nSPS) is 6.17. The van der Waals surface area contributed by atoms with Gasteiger partial charge in [0.15, 0.2) is 0 Å². The van der Waals surface area contributed by atoms with Crippen molar-refractivity contribution in [1.29, 1.82) is 0 Å². The molecular weight excluding hydrogens is 123 g/mol. The molecule has 0 saturated heterocycles. The second-order valence-corrected chi connectivity index (χ2v) is 1.13. The van der Waals surface area contributed by atoms with Crippen LogP contribution in [-0.2, 0) is 4.79 Å². The monoisotopic (exact) mass is 130 g/mol. The van der Waals surface area contributed by atoms with Crippen LogP contribution in [0.2, 0.25) is 0 Å². The SMILES string of the molecule is O=CCCS.[KH]. The van der Waals surface area contributed by atoms with Crippen molar-refractivity contribution in [3.8, 4) is 0 Å². The van der Waals surface area contributed by atoms with E-state index in [1.165, 1.54) is 0 Å². The number of carbonyl (C=O) groups excluding carboxylic acids is 1. The van der Waals surface area contributed by atoms with E-state index in [1.54, 1.807) is 0 Å². The second-order valence-electron chi connectivity index (χ2n) is 0.679. The van der Waals surface area contributed by atoms with Crippen molar-refractivity contribution in [3.63, 3.8) is 0 Å². The number of carbonyl (C=O) groups is 1. The fourth-order valence-corrected chi connectivity index (χ4v) is 0.158. The molecule has 0 aliphatic heterocycles. The molecule has 0 bridgehead atoms. The molecule has 0 heterocycles. The Bertz CT molecular complexity index is 32.0. The summed E-state index contributed by atoms with van der Waals surface area (Å²) in [5.74, 6) is 0.670. The molecule has 0 aromatic carbocycles. The standard InChI is InChI=1S/C3H6OS.K.H/c4-2-1-3-5;;/h2,5H,1,3H2;;. The molecule has 3 heteroatoms. The number of thiol groups is 1. The summed E-state index contributed by atoms with van der Waals surface area (Å²) in [6.45, 7) is 0. The van der Waals surface area contributed by atoms with Crippen LogP contribution in [0.5, 0.6) is 0 Å². The molecule has 0 atom stereocenters. The molecule has 0 aromatic rings. The molecule has 0 aliphatic rings. The van der Waals surface area contributed by atoms with Crippen molar-refractivity contribution in [2.75, 3.05) is 5.75 Å². The van der Waals surface area contributed by atoms with E-state index in [2.05, 4.69) is 12.6 Å². The van der Waals surface area contributed by atoms with Gasteiger partial charge >= 0.3 is 51.4 Å². The molecule has 0 saturated carbocycles. The Hall–Kier alpha value is 1.66. The Balaban J connectivity index is 0. The molecule has 0 radical (unpaired) electrons. The second kappa shape index (κ2) is 9.82. The average Bonchev–Trinajstić information content (AvgIpc) is 1.41. The topological polar surface area (TPSA) is 17.1 Å². The molecule has 0 N–H and O–H groups in total. The molecular formula is C3H7KOS. The molecule has 1 nitrogen and oxygen atoms in total. The Morgan fingerprint density at radius 3 is 2.17 bits per heavy atom. The van der Waals surface area contributed by atoms with Crippen LogP contribution in [0, 0.1) is 0 Å². The maximum absolute atomic E-state index is 9.36. The van der Waals surface area contributed by atoms with E-state index < -0.39 is 0 Å². The summed E-state index contributed by atoms with van der Waals surface area (Å²) in [5.41, 5.74) is 0. The zero-order valence-electron chi connectivity index (χ0n) is 2.85. The zero-order chi connectivity index (χ0) is 4.12. The quantitative estimate of drug-likeness (QED) is 0.313. The Morgan fingerprint density at radius 2 is 2.17 bits per heavy atom. The van der Waals surface area contributed by atoms with E-state index in [9.17, 15) is 4.79 Å². The first-order valence-corrected chi connectivity index (χ1v) is 2.09. The fraction of sp³-hybridized carbons (Fsp3) is 0.667. The third-order valence-electron chi connectivity index (χ3n) is 0.247. The Kier molecular flexibility index (Phi) is 17.4. The summed E-state index contributed by atoms with van der Waals surface area (Å²) in [4.78, 5) is 9.36. The van der Waals surface area contributed by atoms with Gasteiger partial charge in [0.1, 0.15) is 6.29 Å². The van der Waals surface area contributed by atoms with Gasteiger partial charge in [0, 0.05) is 6.42 Å². The van der Waals surface area contributed by atoms with Gasteiger partial charge in [-0.05, 0) is 5.75 Å². The molecule has 0 aromatic heterocycles. The number of hydrogen-bond acceptors (Lipinski definition) is 2. The van der Waals surface area contributed by atoms with Crippen LogP contribution < -0.4 is 0 Å². The van der Waals surface area contributed by atoms with Gasteiger partial charge in [-0.15, -0.1) is 0 Å². The van der Waals surface area contributed by atoms with Gasteiger partial charge < -0.3 is 4.79 Å². The minimum absolute atomic E-state index is 0. The molecule has 0 amide bonds. The van der Waals surface area contributed by atoms with E-state index in [4.69, 9.17) is 0 Å². The molecule has 0 fully saturated rings. The van der Waals surface area contributed by atoms with Gasteiger partial charge in [0.25, 0.3) is 0 Å². The molecule has 0 aliphatic carbocycles. The first-order chi connectivity index (χ1) is 2.41. The van der Waals surface area contributed by atoms with Gasteiger partial charge in [-0.2, -0.15) is 12.6 Å². The molecule has 32 valence electrons. The summed E-state index contributed by atoms with van der Waals surface area (Å²) in [5, 5.41) is 0. The maximum atomic E-state index is 9.36. The van der Waals surface area contributed by atoms with Crippen LogP contribution in [-0.4, -0.2) is 63.4 Å². The van der Waals surface area contributed by atoms with E-state index in [-0.39, 0.29) is 51.4 Å². The number of aldehydes is 1. The van der Waals surface area contributed by atoms with Gasteiger partial charge in [0.05, 0.1) is 0 Å². The Labute approximate surface area is 85.7 Å². The van der Waals surface area contributed by atoms with E-state index >= 15 is 0 Å². The van der Waals surface area contributed by atoms with Crippen LogP contribution in [0.4, 0.5) is 0 Å². The summed E-state index contributed by atoms with van der Waals surface area (Å²) < 4.78 is 0. The third kappa shape index (κ3) is 9.17. The summed E-state index contributed by atoms with van der Waals surface area (Å²) in [7, 11) is 0. The van der Waals surface area contributed by atoms with Crippen molar-refractivity contribution in [3.05, 3.63) is 0 Å². The van der Waals surface area contributed by atoms with Crippen LogP contribution >= 0.6 is 12.6 Å². The third-order valence-corrected chi connectivity index (χ3v) is 0.505. The van der Waals surface area contributed by atoms with E-state index in [0.717, 1.165) is 6.29 Å². The van der Waals surface area contributed by atoms with Crippen LogP contribution in [0.15, 0.2) is 0 Å². The predicted molar refractivity (Wildman–Crippen MR) is 31.7 cm³/mol. The fourth-order valence-electron chi connectivity index (χ4n) is 0.0527. The molecule has 0 unspecified atom stereocenters. The van der Waals surface area contributed by atoms with E-state index in [1.807, 2.05) is 0 Å². The van der Waals surface area contributed by atoms with Gasteiger partial charge in [-0.3, -0.25) is 0 Å². The van der Waals surface area contributed by atoms with Crippen molar-refractivity contribution < 1.29 is 4.79 Å². The van der Waals surface area contributed by atoms with Crippen molar-refractivity contribution in [2.24, 2.45) is 0 Å². The van der Waals surface area contributed by atoms with E-state index in [0.29, 0.717) is 12.2 Å². The predicted octanol–water partition coefficient (Wildman–Crippen LogP) is -0.143. The first-order valence-electron chi connectivity index (χ1n) is 1.46. The van der Waals surface area contributed by atoms with Crippen molar-refractivity contribution in [1.82, 2.24) is 0 Å². The number of rotatable bonds is 2. The first kappa shape index (κ1) is 10.6. The van der Waals surface area contributed by atoms with Gasteiger partial charge in [-0.25, -0.2) is 0 Å². The van der Waals surface area contributed by atoms with Gasteiger partial charge in [-0.1, -0.05) is 0 Å². The summed E-state index contributed by atoms with van der Waals surface area (Å²) in [6.07, 6.45) is 1.43. The Morgan fingerprint density at radius 1 is 1.67 bits per heavy atom.